The van der Waals surface area contributed by atoms with Crippen LogP contribution in [0.25, 0.3) is 11.0 Å². The second-order valence-electron chi connectivity index (χ2n) is 6.32. The molecule has 126 valence electrons. The van der Waals surface area contributed by atoms with E-state index < -0.39 is 10.0 Å². The van der Waals surface area contributed by atoms with Crippen molar-refractivity contribution in [3.8, 4) is 5.88 Å². The standard InChI is InChI=1S/C17H17IN2O3S/c1-17(2,3)23-16-10-9-14-13(19-16)11-15(18)20(14)24(21,22)12-7-5-4-6-8-12/h4-11H,1-3H3. The van der Waals surface area contributed by atoms with Crippen LogP contribution in [-0.2, 0) is 10.0 Å². The lowest BCUT2D eigenvalue weighted by Crippen LogP contribution is -2.23. The minimum Gasteiger partial charge on any atom is -0.472 e. The van der Waals surface area contributed by atoms with Crippen LogP contribution in [0.3, 0.4) is 0 Å². The molecule has 0 saturated heterocycles. The molecular formula is C17H17IN2O3S. The quantitative estimate of drug-likeness (QED) is 0.558. The van der Waals surface area contributed by atoms with Crippen molar-refractivity contribution in [3.63, 3.8) is 0 Å². The third-order valence-corrected chi connectivity index (χ3v) is 6.10. The molecule has 2 aromatic heterocycles. The highest BCUT2D eigenvalue weighted by Crippen LogP contribution is 2.28. The van der Waals surface area contributed by atoms with Crippen LogP contribution in [0, 0.1) is 3.70 Å². The fraction of sp³-hybridized carbons (Fsp3) is 0.235. The van der Waals surface area contributed by atoms with E-state index in [9.17, 15) is 8.42 Å². The molecule has 0 fully saturated rings. The summed E-state index contributed by atoms with van der Waals surface area (Å²) in [6.07, 6.45) is 0. The van der Waals surface area contributed by atoms with Gasteiger partial charge in [-0.1, -0.05) is 18.2 Å². The van der Waals surface area contributed by atoms with Crippen molar-refractivity contribution < 1.29 is 13.2 Å². The largest absolute Gasteiger partial charge is 0.472 e. The minimum absolute atomic E-state index is 0.246. The molecule has 24 heavy (non-hydrogen) atoms. The molecule has 0 spiro atoms. The molecule has 5 nitrogen and oxygen atoms in total. The van der Waals surface area contributed by atoms with Gasteiger partial charge in [0, 0.05) is 6.07 Å². The summed E-state index contributed by atoms with van der Waals surface area (Å²) in [7, 11) is -3.67. The van der Waals surface area contributed by atoms with Gasteiger partial charge in [-0.25, -0.2) is 17.4 Å². The van der Waals surface area contributed by atoms with E-state index in [-0.39, 0.29) is 10.5 Å². The number of hydrogen-bond donors (Lipinski definition) is 0. The highest BCUT2D eigenvalue weighted by atomic mass is 127. The second kappa shape index (κ2) is 6.03. The monoisotopic (exact) mass is 456 g/mol. The lowest BCUT2D eigenvalue weighted by molar-refractivity contribution is 0.124. The molecule has 0 saturated carbocycles. The minimum atomic E-state index is -3.67. The maximum atomic E-state index is 12.9. The summed E-state index contributed by atoms with van der Waals surface area (Å²) in [6, 6.07) is 13.5. The number of pyridine rings is 1. The van der Waals surface area contributed by atoms with Crippen LogP contribution in [0.1, 0.15) is 20.8 Å². The summed E-state index contributed by atoms with van der Waals surface area (Å²) < 4.78 is 33.5. The van der Waals surface area contributed by atoms with Crippen molar-refractivity contribution >= 4 is 43.6 Å². The molecule has 0 N–H and O–H groups in total. The van der Waals surface area contributed by atoms with Crippen LogP contribution in [-0.4, -0.2) is 23.0 Å². The lowest BCUT2D eigenvalue weighted by Gasteiger charge is -2.20. The van der Waals surface area contributed by atoms with E-state index in [2.05, 4.69) is 4.98 Å². The summed E-state index contributed by atoms with van der Waals surface area (Å²) in [5.74, 6) is 0.473. The van der Waals surface area contributed by atoms with E-state index in [0.29, 0.717) is 20.6 Å². The van der Waals surface area contributed by atoms with Crippen molar-refractivity contribution in [1.29, 1.82) is 0 Å². The van der Waals surface area contributed by atoms with Gasteiger partial charge in [0.15, 0.2) is 0 Å². The van der Waals surface area contributed by atoms with E-state index in [0.717, 1.165) is 0 Å². The van der Waals surface area contributed by atoms with Gasteiger partial charge in [-0.05, 0) is 67.6 Å². The van der Waals surface area contributed by atoms with Crippen molar-refractivity contribution in [3.05, 3.63) is 52.2 Å². The van der Waals surface area contributed by atoms with Gasteiger partial charge in [-0.15, -0.1) is 0 Å². The molecule has 2 heterocycles. The van der Waals surface area contributed by atoms with Gasteiger partial charge in [0.2, 0.25) is 5.88 Å². The van der Waals surface area contributed by atoms with Gasteiger partial charge in [0.05, 0.1) is 19.6 Å². The van der Waals surface area contributed by atoms with Gasteiger partial charge in [-0.2, -0.15) is 0 Å². The molecular weight excluding hydrogens is 439 g/mol. The molecule has 0 amide bonds. The van der Waals surface area contributed by atoms with Crippen molar-refractivity contribution in [2.24, 2.45) is 0 Å². The Morgan fingerprint density at radius 1 is 1.08 bits per heavy atom. The summed E-state index contributed by atoms with van der Waals surface area (Å²) in [6.45, 7) is 5.81. The van der Waals surface area contributed by atoms with E-state index in [4.69, 9.17) is 4.74 Å². The maximum absolute atomic E-state index is 12.9. The Kier molecular flexibility index (Phi) is 4.33. The molecule has 0 atom stereocenters. The third-order valence-electron chi connectivity index (χ3n) is 3.24. The van der Waals surface area contributed by atoms with Gasteiger partial charge in [0.1, 0.15) is 5.60 Å². The predicted octanol–water partition coefficient (Wildman–Crippen LogP) is 4.06. The number of benzene rings is 1. The first-order chi connectivity index (χ1) is 11.2. The van der Waals surface area contributed by atoms with E-state index in [1.807, 2.05) is 43.4 Å². The molecule has 0 aliphatic heterocycles. The second-order valence-corrected chi connectivity index (χ2v) is 9.21. The highest BCUT2D eigenvalue weighted by molar-refractivity contribution is 14.1. The Balaban J connectivity index is 2.15. The fourth-order valence-electron chi connectivity index (χ4n) is 2.33. The number of ether oxygens (including phenoxy) is 1. The van der Waals surface area contributed by atoms with Crippen LogP contribution in [0.5, 0.6) is 5.88 Å². The van der Waals surface area contributed by atoms with Gasteiger partial charge in [-0.3, -0.25) is 0 Å². The number of aromatic nitrogens is 2. The number of fused-ring (bicyclic) bond motifs is 1. The molecule has 0 aliphatic rings. The molecule has 3 aromatic rings. The van der Waals surface area contributed by atoms with Gasteiger partial charge >= 0.3 is 0 Å². The first-order valence-corrected chi connectivity index (χ1v) is 9.88. The fourth-order valence-corrected chi connectivity index (χ4v) is 5.07. The Labute approximate surface area is 154 Å². The molecule has 0 aliphatic carbocycles. The van der Waals surface area contributed by atoms with E-state index >= 15 is 0 Å². The normalized spacial score (nSPS) is 12.5. The van der Waals surface area contributed by atoms with Crippen molar-refractivity contribution in [1.82, 2.24) is 8.96 Å². The van der Waals surface area contributed by atoms with Crippen molar-refractivity contribution in [2.45, 2.75) is 31.3 Å². The summed E-state index contributed by atoms with van der Waals surface area (Å²) in [4.78, 5) is 4.68. The van der Waals surface area contributed by atoms with Crippen LogP contribution < -0.4 is 4.74 Å². The first kappa shape index (κ1) is 17.2. The molecule has 1 aromatic carbocycles. The summed E-state index contributed by atoms with van der Waals surface area (Å²) in [5.41, 5.74) is 0.747. The van der Waals surface area contributed by atoms with Crippen LogP contribution in [0.2, 0.25) is 0 Å². The molecule has 0 unspecified atom stereocenters. The number of rotatable bonds is 3. The predicted molar refractivity (Wildman–Crippen MR) is 102 cm³/mol. The van der Waals surface area contributed by atoms with E-state index in [1.54, 1.807) is 48.5 Å². The van der Waals surface area contributed by atoms with Crippen LogP contribution in [0.15, 0.2) is 53.4 Å². The summed E-state index contributed by atoms with van der Waals surface area (Å²) >= 11 is 2.01. The average Bonchev–Trinajstić information content (AvgIpc) is 2.82. The first-order valence-electron chi connectivity index (χ1n) is 7.36. The van der Waals surface area contributed by atoms with E-state index in [1.165, 1.54) is 3.97 Å². The van der Waals surface area contributed by atoms with Gasteiger partial charge in [0.25, 0.3) is 10.0 Å². The number of hydrogen-bond acceptors (Lipinski definition) is 4. The zero-order chi connectivity index (χ0) is 17.5. The number of halogens is 1. The average molecular weight is 456 g/mol. The Bertz CT molecular complexity index is 990. The smallest absolute Gasteiger partial charge is 0.269 e. The lowest BCUT2D eigenvalue weighted by atomic mass is 10.2. The van der Waals surface area contributed by atoms with Crippen molar-refractivity contribution in [2.75, 3.05) is 0 Å². The molecule has 3 rings (SSSR count). The Morgan fingerprint density at radius 2 is 1.75 bits per heavy atom. The summed E-state index contributed by atoms with van der Waals surface area (Å²) in [5, 5.41) is 0. The topological polar surface area (TPSA) is 61.2 Å². The zero-order valence-electron chi connectivity index (χ0n) is 13.5. The Morgan fingerprint density at radius 3 is 2.38 bits per heavy atom. The molecule has 0 bridgehead atoms. The SMILES string of the molecule is CC(C)(C)Oc1ccc2c(cc(I)n2S(=O)(=O)c2ccccc2)n1. The van der Waals surface area contributed by atoms with Crippen LogP contribution >= 0.6 is 22.6 Å². The number of nitrogens with zero attached hydrogens (tertiary/aromatic N) is 2. The Hall–Kier alpha value is -1.61. The molecule has 7 heteroatoms. The highest BCUT2D eigenvalue weighted by Gasteiger charge is 2.23. The van der Waals surface area contributed by atoms with Crippen LogP contribution in [0.4, 0.5) is 0 Å². The van der Waals surface area contributed by atoms with Gasteiger partial charge < -0.3 is 4.74 Å². The molecule has 0 radical (unpaired) electrons. The zero-order valence-corrected chi connectivity index (χ0v) is 16.5. The third kappa shape index (κ3) is 3.27. The maximum Gasteiger partial charge on any atom is 0.269 e.